The van der Waals surface area contributed by atoms with E-state index in [2.05, 4.69) is 5.32 Å². The summed E-state index contributed by atoms with van der Waals surface area (Å²) < 4.78 is 5.61. The molecule has 1 aromatic carbocycles. The fourth-order valence-corrected chi connectivity index (χ4v) is 2.29. The van der Waals surface area contributed by atoms with Crippen molar-refractivity contribution in [2.24, 2.45) is 5.73 Å². The molecule has 2 rings (SSSR count). The van der Waals surface area contributed by atoms with Gasteiger partial charge in [-0.2, -0.15) is 0 Å². The Hall–Kier alpha value is -1.59. The van der Waals surface area contributed by atoms with Gasteiger partial charge in [0.15, 0.2) is 0 Å². The number of ether oxygens (including phenoxy) is 1. The minimum atomic E-state index is -0.288. The first-order valence-corrected chi connectivity index (χ1v) is 6.93. The van der Waals surface area contributed by atoms with Crippen LogP contribution in [0, 0.1) is 0 Å². The Morgan fingerprint density at radius 2 is 2.25 bits per heavy atom. The maximum absolute atomic E-state index is 12.3. The number of carbonyl (C=O) groups excluding carboxylic acids is 1. The van der Waals surface area contributed by atoms with E-state index in [9.17, 15) is 4.79 Å². The van der Waals surface area contributed by atoms with Crippen LogP contribution in [0.1, 0.15) is 32.4 Å². The number of rotatable bonds is 2. The quantitative estimate of drug-likeness (QED) is 0.872. The average molecular weight is 277 g/mol. The van der Waals surface area contributed by atoms with E-state index in [1.54, 1.807) is 4.90 Å². The van der Waals surface area contributed by atoms with Crippen molar-refractivity contribution in [2.75, 3.05) is 25.0 Å². The number of hydrogen-bond acceptors (Lipinski definition) is 3. The molecule has 1 unspecified atom stereocenters. The van der Waals surface area contributed by atoms with Gasteiger partial charge >= 0.3 is 6.03 Å². The summed E-state index contributed by atoms with van der Waals surface area (Å²) in [4.78, 5) is 14.0. The van der Waals surface area contributed by atoms with Crippen molar-refractivity contribution in [1.29, 1.82) is 0 Å². The Morgan fingerprint density at radius 1 is 1.50 bits per heavy atom. The molecule has 5 nitrogen and oxygen atoms in total. The molecule has 20 heavy (non-hydrogen) atoms. The van der Waals surface area contributed by atoms with Crippen LogP contribution in [-0.4, -0.2) is 36.2 Å². The number of amides is 2. The van der Waals surface area contributed by atoms with Gasteiger partial charge < -0.3 is 20.7 Å². The molecular formula is C15H23N3O2. The van der Waals surface area contributed by atoms with Crippen molar-refractivity contribution >= 4 is 11.7 Å². The van der Waals surface area contributed by atoms with Gasteiger partial charge in [0.05, 0.1) is 18.8 Å². The molecule has 0 aromatic heterocycles. The molecule has 0 bridgehead atoms. The number of nitrogens with two attached hydrogens (primary N) is 1. The van der Waals surface area contributed by atoms with Crippen molar-refractivity contribution < 1.29 is 9.53 Å². The molecule has 1 heterocycles. The van der Waals surface area contributed by atoms with E-state index in [1.165, 1.54) is 0 Å². The summed E-state index contributed by atoms with van der Waals surface area (Å²) in [5, 5.41) is 2.92. The van der Waals surface area contributed by atoms with Crippen LogP contribution in [0.2, 0.25) is 0 Å². The summed E-state index contributed by atoms with van der Waals surface area (Å²) in [6.07, 6.45) is 0. The monoisotopic (exact) mass is 277 g/mol. The lowest BCUT2D eigenvalue weighted by atomic mass is 10.1. The first kappa shape index (κ1) is 14.8. The lowest BCUT2D eigenvalue weighted by Crippen LogP contribution is -2.51. The van der Waals surface area contributed by atoms with Crippen molar-refractivity contribution in [3.8, 4) is 0 Å². The second-order valence-corrected chi connectivity index (χ2v) is 5.87. The van der Waals surface area contributed by atoms with Crippen LogP contribution in [0.3, 0.4) is 0 Å². The summed E-state index contributed by atoms with van der Waals surface area (Å²) >= 11 is 0. The summed E-state index contributed by atoms with van der Waals surface area (Å²) in [5.74, 6) is 0. The first-order chi connectivity index (χ1) is 9.37. The number of carbonyl (C=O) groups is 1. The van der Waals surface area contributed by atoms with Crippen LogP contribution < -0.4 is 11.1 Å². The number of benzene rings is 1. The van der Waals surface area contributed by atoms with Crippen LogP contribution in [0.5, 0.6) is 0 Å². The Morgan fingerprint density at radius 3 is 2.90 bits per heavy atom. The highest BCUT2D eigenvalue weighted by atomic mass is 16.5. The van der Waals surface area contributed by atoms with E-state index < -0.39 is 0 Å². The van der Waals surface area contributed by atoms with Crippen molar-refractivity contribution in [3.05, 3.63) is 29.8 Å². The zero-order valence-electron chi connectivity index (χ0n) is 12.3. The topological polar surface area (TPSA) is 67.6 Å². The van der Waals surface area contributed by atoms with Gasteiger partial charge in [-0.15, -0.1) is 0 Å². The third-order valence-electron chi connectivity index (χ3n) is 3.38. The van der Waals surface area contributed by atoms with Gasteiger partial charge in [0.25, 0.3) is 0 Å². The number of nitrogens with zero attached hydrogens (tertiary/aromatic N) is 1. The van der Waals surface area contributed by atoms with Crippen LogP contribution in [0.4, 0.5) is 10.5 Å². The Bertz CT molecular complexity index is 486. The molecule has 5 heteroatoms. The standard InChI is InChI=1S/C15H23N3O2/c1-11(16)12-5-4-6-13(9-12)17-14(19)18-7-8-20-15(2,3)10-18/h4-6,9,11H,7-8,10,16H2,1-3H3,(H,17,19). The van der Waals surface area contributed by atoms with Crippen molar-refractivity contribution in [3.63, 3.8) is 0 Å². The number of urea groups is 1. The molecular weight excluding hydrogens is 254 g/mol. The van der Waals surface area contributed by atoms with E-state index in [0.29, 0.717) is 19.7 Å². The SMILES string of the molecule is CC(N)c1cccc(NC(=O)N2CCOC(C)(C)C2)c1. The molecule has 0 radical (unpaired) electrons. The number of morpholine rings is 1. The smallest absolute Gasteiger partial charge is 0.322 e. The molecule has 1 aromatic rings. The second kappa shape index (κ2) is 5.81. The van der Waals surface area contributed by atoms with E-state index in [0.717, 1.165) is 11.3 Å². The van der Waals surface area contributed by atoms with Gasteiger partial charge in [0, 0.05) is 18.3 Å². The molecule has 3 N–H and O–H groups in total. The van der Waals surface area contributed by atoms with E-state index >= 15 is 0 Å². The fraction of sp³-hybridized carbons (Fsp3) is 0.533. The van der Waals surface area contributed by atoms with Gasteiger partial charge in [0.1, 0.15) is 0 Å². The highest BCUT2D eigenvalue weighted by molar-refractivity contribution is 5.89. The number of nitrogens with one attached hydrogen (secondary N) is 1. The molecule has 0 aliphatic carbocycles. The minimum absolute atomic E-state index is 0.0471. The maximum atomic E-state index is 12.3. The van der Waals surface area contributed by atoms with Crippen molar-refractivity contribution in [2.45, 2.75) is 32.4 Å². The normalized spacial score (nSPS) is 19.5. The Labute approximate surface area is 120 Å². The minimum Gasteiger partial charge on any atom is -0.372 e. The van der Waals surface area contributed by atoms with Crippen LogP contribution >= 0.6 is 0 Å². The van der Waals surface area contributed by atoms with E-state index in [-0.39, 0.29) is 17.7 Å². The highest BCUT2D eigenvalue weighted by Gasteiger charge is 2.29. The molecule has 0 saturated carbocycles. The average Bonchev–Trinajstić information content (AvgIpc) is 2.37. The lowest BCUT2D eigenvalue weighted by Gasteiger charge is -2.38. The second-order valence-electron chi connectivity index (χ2n) is 5.87. The molecule has 0 spiro atoms. The number of anilines is 1. The molecule has 1 atom stereocenters. The van der Waals surface area contributed by atoms with Crippen LogP contribution in [0.25, 0.3) is 0 Å². The first-order valence-electron chi connectivity index (χ1n) is 6.93. The summed E-state index contributed by atoms with van der Waals surface area (Å²) in [5.41, 5.74) is 7.34. The third-order valence-corrected chi connectivity index (χ3v) is 3.38. The third kappa shape index (κ3) is 3.71. The predicted molar refractivity (Wildman–Crippen MR) is 79.7 cm³/mol. The Kier molecular flexibility index (Phi) is 4.30. The van der Waals surface area contributed by atoms with Gasteiger partial charge in [-0.25, -0.2) is 4.79 Å². The largest absolute Gasteiger partial charge is 0.372 e. The molecule has 1 aliphatic heterocycles. The molecule has 1 aliphatic rings. The van der Waals surface area contributed by atoms with Crippen LogP contribution in [-0.2, 0) is 4.74 Å². The Balaban J connectivity index is 2.02. The van der Waals surface area contributed by atoms with Crippen molar-refractivity contribution in [1.82, 2.24) is 4.90 Å². The zero-order valence-corrected chi connectivity index (χ0v) is 12.3. The number of hydrogen-bond donors (Lipinski definition) is 2. The maximum Gasteiger partial charge on any atom is 0.322 e. The van der Waals surface area contributed by atoms with Crippen LogP contribution in [0.15, 0.2) is 24.3 Å². The predicted octanol–water partition coefficient (Wildman–Crippen LogP) is 2.35. The summed E-state index contributed by atoms with van der Waals surface area (Å²) in [6, 6.07) is 7.50. The van der Waals surface area contributed by atoms with Gasteiger partial charge in [-0.3, -0.25) is 0 Å². The van der Waals surface area contributed by atoms with Gasteiger partial charge in [-0.1, -0.05) is 12.1 Å². The molecule has 1 saturated heterocycles. The van der Waals surface area contributed by atoms with E-state index in [1.807, 2.05) is 45.0 Å². The highest BCUT2D eigenvalue weighted by Crippen LogP contribution is 2.19. The van der Waals surface area contributed by atoms with Gasteiger partial charge in [0.2, 0.25) is 0 Å². The fourth-order valence-electron chi connectivity index (χ4n) is 2.29. The van der Waals surface area contributed by atoms with E-state index in [4.69, 9.17) is 10.5 Å². The lowest BCUT2D eigenvalue weighted by molar-refractivity contribution is -0.0720. The molecule has 110 valence electrons. The molecule has 1 fully saturated rings. The zero-order chi connectivity index (χ0) is 14.8. The summed E-state index contributed by atoms with van der Waals surface area (Å²) in [7, 11) is 0. The molecule has 2 amide bonds. The van der Waals surface area contributed by atoms with Gasteiger partial charge in [-0.05, 0) is 38.5 Å². The summed E-state index contributed by atoms with van der Waals surface area (Å²) in [6.45, 7) is 7.67.